The van der Waals surface area contributed by atoms with Crippen LogP contribution in [0.1, 0.15) is 24.5 Å². The minimum atomic E-state index is -0.367. The molecule has 1 aliphatic carbocycles. The summed E-state index contributed by atoms with van der Waals surface area (Å²) in [6, 6.07) is 2.10. The van der Waals surface area contributed by atoms with Crippen LogP contribution in [0.25, 0.3) is 0 Å². The summed E-state index contributed by atoms with van der Waals surface area (Å²) in [4.78, 5) is 20.7. The van der Waals surface area contributed by atoms with E-state index in [9.17, 15) is 4.39 Å². The van der Waals surface area contributed by atoms with Crippen molar-refractivity contribution in [2.24, 2.45) is 0 Å². The van der Waals surface area contributed by atoms with Crippen LogP contribution in [-0.4, -0.2) is 46.1 Å². The van der Waals surface area contributed by atoms with Crippen LogP contribution in [0.5, 0.6) is 0 Å². The Bertz CT molecular complexity index is 667. The lowest BCUT2D eigenvalue weighted by Gasteiger charge is -2.36. The molecule has 0 aromatic carbocycles. The summed E-state index contributed by atoms with van der Waals surface area (Å²) >= 11 is 0. The Labute approximate surface area is 128 Å². The Hall–Kier alpha value is -2.31. The Morgan fingerprint density at radius 3 is 2.45 bits per heavy atom. The molecular weight excluding hydrogens is 283 g/mol. The molecule has 114 valence electrons. The Balaban J connectivity index is 1.45. The summed E-state index contributed by atoms with van der Waals surface area (Å²) in [6.45, 7) is 3.03. The molecule has 0 amide bonds. The summed E-state index contributed by atoms with van der Waals surface area (Å²) in [5.41, 5.74) is 1.15. The van der Waals surface area contributed by atoms with Gasteiger partial charge in [-0.05, 0) is 12.8 Å². The summed E-state index contributed by atoms with van der Waals surface area (Å²) in [6.07, 6.45) is 6.71. The molecule has 1 aliphatic heterocycles. The first kappa shape index (κ1) is 13.4. The fourth-order valence-electron chi connectivity index (χ4n) is 2.82. The molecule has 0 spiro atoms. The highest BCUT2D eigenvalue weighted by Gasteiger charge is 2.27. The molecule has 0 atom stereocenters. The number of anilines is 2. The van der Waals surface area contributed by atoms with Crippen molar-refractivity contribution in [2.45, 2.75) is 18.8 Å². The second-order valence-corrected chi connectivity index (χ2v) is 5.74. The van der Waals surface area contributed by atoms with E-state index in [4.69, 9.17) is 0 Å². The van der Waals surface area contributed by atoms with Crippen molar-refractivity contribution in [2.75, 3.05) is 36.0 Å². The molecule has 3 heterocycles. The lowest BCUT2D eigenvalue weighted by Crippen LogP contribution is -2.47. The SMILES string of the molecule is Fc1cncnc1N1CCN(c2cc(C3CC3)ncn2)CC1. The molecule has 1 saturated heterocycles. The lowest BCUT2D eigenvalue weighted by molar-refractivity contribution is 0.581. The van der Waals surface area contributed by atoms with Crippen LogP contribution < -0.4 is 9.80 Å². The van der Waals surface area contributed by atoms with E-state index in [1.54, 1.807) is 6.33 Å². The van der Waals surface area contributed by atoms with Gasteiger partial charge in [0.2, 0.25) is 0 Å². The third-order valence-electron chi connectivity index (χ3n) is 4.22. The smallest absolute Gasteiger partial charge is 0.183 e. The van der Waals surface area contributed by atoms with Gasteiger partial charge in [0.1, 0.15) is 18.5 Å². The van der Waals surface area contributed by atoms with Crippen LogP contribution in [0.3, 0.4) is 0 Å². The van der Waals surface area contributed by atoms with Gasteiger partial charge >= 0.3 is 0 Å². The van der Waals surface area contributed by atoms with Gasteiger partial charge in [-0.15, -0.1) is 0 Å². The normalized spacial score (nSPS) is 18.6. The van der Waals surface area contributed by atoms with E-state index in [1.165, 1.54) is 25.4 Å². The maximum atomic E-state index is 13.7. The lowest BCUT2D eigenvalue weighted by atomic mass is 10.2. The summed E-state index contributed by atoms with van der Waals surface area (Å²) < 4.78 is 13.7. The van der Waals surface area contributed by atoms with Crippen molar-refractivity contribution >= 4 is 11.6 Å². The van der Waals surface area contributed by atoms with Gasteiger partial charge in [0, 0.05) is 43.9 Å². The van der Waals surface area contributed by atoms with Crippen molar-refractivity contribution in [3.8, 4) is 0 Å². The number of piperazine rings is 1. The molecule has 6 nitrogen and oxygen atoms in total. The Morgan fingerprint density at radius 1 is 0.955 bits per heavy atom. The number of aromatic nitrogens is 4. The van der Waals surface area contributed by atoms with E-state index in [0.717, 1.165) is 37.7 Å². The molecule has 2 aromatic heterocycles. The average molecular weight is 300 g/mol. The third kappa shape index (κ3) is 2.58. The zero-order valence-electron chi connectivity index (χ0n) is 12.2. The largest absolute Gasteiger partial charge is 0.353 e. The van der Waals surface area contributed by atoms with Crippen LogP contribution in [0.4, 0.5) is 16.0 Å². The van der Waals surface area contributed by atoms with Crippen molar-refractivity contribution in [3.63, 3.8) is 0 Å². The van der Waals surface area contributed by atoms with Gasteiger partial charge in [0.15, 0.2) is 11.6 Å². The van der Waals surface area contributed by atoms with Gasteiger partial charge in [0.25, 0.3) is 0 Å². The second kappa shape index (κ2) is 5.47. The highest BCUT2D eigenvalue weighted by molar-refractivity contribution is 5.45. The summed E-state index contributed by atoms with van der Waals surface area (Å²) in [7, 11) is 0. The minimum Gasteiger partial charge on any atom is -0.353 e. The molecule has 2 aromatic rings. The first-order chi connectivity index (χ1) is 10.8. The molecule has 0 bridgehead atoms. The van der Waals surface area contributed by atoms with Crippen LogP contribution in [0.2, 0.25) is 0 Å². The molecular formula is C15H17FN6. The monoisotopic (exact) mass is 300 g/mol. The Morgan fingerprint density at radius 2 is 1.73 bits per heavy atom. The zero-order valence-corrected chi connectivity index (χ0v) is 12.2. The second-order valence-electron chi connectivity index (χ2n) is 5.74. The standard InChI is InChI=1S/C15H17FN6/c16-12-8-17-9-20-15(12)22-5-3-21(4-6-22)14-7-13(11-1-2-11)18-10-19-14/h7-11H,1-6H2. The van der Waals surface area contributed by atoms with Crippen molar-refractivity contribution < 1.29 is 4.39 Å². The maximum absolute atomic E-state index is 13.7. The van der Waals surface area contributed by atoms with E-state index < -0.39 is 0 Å². The number of nitrogens with zero attached hydrogens (tertiary/aromatic N) is 6. The first-order valence-electron chi connectivity index (χ1n) is 7.58. The van der Waals surface area contributed by atoms with Gasteiger partial charge in [-0.2, -0.15) is 0 Å². The molecule has 7 heteroatoms. The predicted octanol–water partition coefficient (Wildman–Crippen LogP) is 1.61. The molecule has 4 rings (SSSR count). The van der Waals surface area contributed by atoms with Gasteiger partial charge in [-0.25, -0.2) is 24.3 Å². The average Bonchev–Trinajstić information content (AvgIpc) is 3.41. The molecule has 22 heavy (non-hydrogen) atoms. The summed E-state index contributed by atoms with van der Waals surface area (Å²) in [5.74, 6) is 1.61. The van der Waals surface area contributed by atoms with Crippen LogP contribution in [0, 0.1) is 5.82 Å². The van der Waals surface area contributed by atoms with Crippen molar-refractivity contribution in [1.29, 1.82) is 0 Å². The van der Waals surface area contributed by atoms with Crippen LogP contribution >= 0.6 is 0 Å². The summed E-state index contributed by atoms with van der Waals surface area (Å²) in [5, 5.41) is 0. The van der Waals surface area contributed by atoms with E-state index in [1.807, 2.05) is 4.90 Å². The molecule has 2 fully saturated rings. The van der Waals surface area contributed by atoms with Crippen molar-refractivity contribution in [3.05, 3.63) is 36.4 Å². The van der Waals surface area contributed by atoms with E-state index in [0.29, 0.717) is 11.7 Å². The van der Waals surface area contributed by atoms with Crippen LogP contribution in [0.15, 0.2) is 24.9 Å². The highest BCUT2D eigenvalue weighted by atomic mass is 19.1. The van der Waals surface area contributed by atoms with Gasteiger partial charge < -0.3 is 9.80 Å². The fraction of sp³-hybridized carbons (Fsp3) is 0.467. The highest BCUT2D eigenvalue weighted by Crippen LogP contribution is 2.39. The maximum Gasteiger partial charge on any atom is 0.183 e. The third-order valence-corrected chi connectivity index (χ3v) is 4.22. The molecule has 2 aliphatic rings. The molecule has 0 N–H and O–H groups in total. The topological polar surface area (TPSA) is 58.0 Å². The number of rotatable bonds is 3. The Kier molecular flexibility index (Phi) is 3.32. The van der Waals surface area contributed by atoms with E-state index >= 15 is 0 Å². The minimum absolute atomic E-state index is 0.367. The van der Waals surface area contributed by atoms with Gasteiger partial charge in [-0.1, -0.05) is 0 Å². The van der Waals surface area contributed by atoms with E-state index in [-0.39, 0.29) is 5.82 Å². The number of hydrogen-bond acceptors (Lipinski definition) is 6. The molecule has 1 saturated carbocycles. The number of hydrogen-bond donors (Lipinski definition) is 0. The first-order valence-corrected chi connectivity index (χ1v) is 7.58. The quantitative estimate of drug-likeness (QED) is 0.858. The number of halogens is 1. The van der Waals surface area contributed by atoms with E-state index in [2.05, 4.69) is 30.9 Å². The molecule has 0 radical (unpaired) electrons. The zero-order chi connectivity index (χ0) is 14.9. The van der Waals surface area contributed by atoms with Crippen molar-refractivity contribution in [1.82, 2.24) is 19.9 Å². The van der Waals surface area contributed by atoms with Gasteiger partial charge in [-0.3, -0.25) is 0 Å². The fourth-order valence-corrected chi connectivity index (χ4v) is 2.82. The molecule has 0 unspecified atom stereocenters. The van der Waals surface area contributed by atoms with Gasteiger partial charge in [0.05, 0.1) is 6.20 Å². The predicted molar refractivity (Wildman–Crippen MR) is 80.4 cm³/mol. The van der Waals surface area contributed by atoms with Crippen LogP contribution in [-0.2, 0) is 0 Å².